The maximum atomic E-state index is 13.5. The Hall–Kier alpha value is -3.17. The van der Waals surface area contributed by atoms with Crippen LogP contribution in [0, 0.1) is 0 Å². The number of nitrogens with zero attached hydrogens (tertiary/aromatic N) is 5. The molecule has 1 amide bonds. The van der Waals surface area contributed by atoms with Crippen molar-refractivity contribution in [2.75, 3.05) is 41.9 Å². The summed E-state index contributed by atoms with van der Waals surface area (Å²) in [7, 11) is -3.91. The molecule has 0 atom stereocenters. The Labute approximate surface area is 197 Å². The minimum absolute atomic E-state index is 0.0527. The van der Waals surface area contributed by atoms with Gasteiger partial charge in [-0.05, 0) is 42.3 Å². The van der Waals surface area contributed by atoms with Crippen LogP contribution < -0.4 is 9.21 Å². The number of carbonyl (C=O) groups excluding carboxylic acids is 1. The first kappa shape index (κ1) is 21.7. The summed E-state index contributed by atoms with van der Waals surface area (Å²) in [5.41, 5.74) is 1.93. The Kier molecular flexibility index (Phi) is 5.67. The smallest absolute Gasteiger partial charge is 0.265 e. The summed E-state index contributed by atoms with van der Waals surface area (Å²) in [5.74, 6) is 0.411. The van der Waals surface area contributed by atoms with Crippen LogP contribution in [-0.4, -0.2) is 61.9 Å². The second-order valence-electron chi connectivity index (χ2n) is 7.93. The maximum Gasteiger partial charge on any atom is 0.265 e. The number of hydrogen-bond acceptors (Lipinski definition) is 6. The zero-order valence-electron chi connectivity index (χ0n) is 17.8. The van der Waals surface area contributed by atoms with Crippen molar-refractivity contribution in [1.82, 2.24) is 14.9 Å². The third kappa shape index (κ3) is 4.02. The summed E-state index contributed by atoms with van der Waals surface area (Å²) in [5, 5.41) is 0.0991. The fourth-order valence-corrected chi connectivity index (χ4v) is 6.26. The molecule has 3 aromatic rings. The van der Waals surface area contributed by atoms with Crippen LogP contribution in [-0.2, 0) is 16.4 Å². The highest BCUT2D eigenvalue weighted by Gasteiger charge is 2.33. The number of piperazine rings is 1. The quantitative estimate of drug-likeness (QED) is 0.567. The molecule has 5 rings (SSSR count). The van der Waals surface area contributed by atoms with E-state index in [-0.39, 0.29) is 15.8 Å². The maximum absolute atomic E-state index is 13.5. The monoisotopic (exact) mass is 483 g/mol. The molecule has 170 valence electrons. The number of fused-ring (bicyclic) bond motifs is 1. The molecule has 2 aliphatic rings. The van der Waals surface area contributed by atoms with Crippen molar-refractivity contribution in [3.05, 3.63) is 77.1 Å². The standard InChI is InChI=1S/C23H22ClN5O3S/c24-19-7-6-18(22(30)27-12-14-28(15-13-27)23-25-9-3-10-26-23)16-21(19)33(31,32)29-11-8-17-4-1-2-5-20(17)29/h1-7,9-10,16H,8,11-15H2. The third-order valence-electron chi connectivity index (χ3n) is 5.99. The Morgan fingerprint density at radius 2 is 1.64 bits per heavy atom. The number of benzene rings is 2. The lowest BCUT2D eigenvalue weighted by atomic mass is 10.2. The van der Waals surface area contributed by atoms with Crippen LogP contribution in [0.5, 0.6) is 0 Å². The summed E-state index contributed by atoms with van der Waals surface area (Å²) in [4.78, 5) is 25.4. The third-order valence-corrected chi connectivity index (χ3v) is 8.29. The molecular formula is C23H22ClN5O3S. The first-order valence-electron chi connectivity index (χ1n) is 10.7. The lowest BCUT2D eigenvalue weighted by molar-refractivity contribution is 0.0746. The molecule has 8 nitrogen and oxygen atoms in total. The van der Waals surface area contributed by atoms with Gasteiger partial charge in [0, 0.05) is 50.7 Å². The van der Waals surface area contributed by atoms with Gasteiger partial charge in [0.05, 0.1) is 10.7 Å². The van der Waals surface area contributed by atoms with E-state index in [4.69, 9.17) is 11.6 Å². The summed E-state index contributed by atoms with van der Waals surface area (Å²) in [6.45, 7) is 2.51. The highest BCUT2D eigenvalue weighted by atomic mass is 35.5. The second-order valence-corrected chi connectivity index (χ2v) is 10.2. The molecule has 0 N–H and O–H groups in total. The van der Waals surface area contributed by atoms with E-state index in [9.17, 15) is 13.2 Å². The largest absolute Gasteiger partial charge is 0.337 e. The van der Waals surface area contributed by atoms with E-state index in [0.29, 0.717) is 56.3 Å². The van der Waals surface area contributed by atoms with Gasteiger partial charge >= 0.3 is 0 Å². The van der Waals surface area contributed by atoms with Gasteiger partial charge in [-0.15, -0.1) is 0 Å². The SMILES string of the molecule is O=C(c1ccc(Cl)c(S(=O)(=O)N2CCc3ccccc32)c1)N1CCN(c2ncccn2)CC1. The molecule has 2 aromatic carbocycles. The molecule has 1 aromatic heterocycles. The predicted molar refractivity (Wildman–Crippen MR) is 126 cm³/mol. The van der Waals surface area contributed by atoms with Crippen LogP contribution in [0.15, 0.2) is 65.8 Å². The van der Waals surface area contributed by atoms with Crippen LogP contribution in [0.1, 0.15) is 15.9 Å². The minimum atomic E-state index is -3.91. The van der Waals surface area contributed by atoms with Crippen molar-refractivity contribution in [2.24, 2.45) is 0 Å². The van der Waals surface area contributed by atoms with E-state index < -0.39 is 10.0 Å². The summed E-state index contributed by atoms with van der Waals surface area (Å²) >= 11 is 6.31. The van der Waals surface area contributed by atoms with E-state index in [2.05, 4.69) is 9.97 Å². The Balaban J connectivity index is 1.36. The number of carbonyl (C=O) groups is 1. The lowest BCUT2D eigenvalue weighted by Crippen LogP contribution is -2.49. The van der Waals surface area contributed by atoms with Gasteiger partial charge in [0.2, 0.25) is 5.95 Å². The van der Waals surface area contributed by atoms with Crippen molar-refractivity contribution in [2.45, 2.75) is 11.3 Å². The van der Waals surface area contributed by atoms with Crippen LogP contribution in [0.4, 0.5) is 11.6 Å². The highest BCUT2D eigenvalue weighted by molar-refractivity contribution is 7.93. The van der Waals surface area contributed by atoms with Crippen molar-refractivity contribution >= 4 is 39.2 Å². The fraction of sp³-hybridized carbons (Fsp3) is 0.261. The predicted octanol–water partition coefficient (Wildman–Crippen LogP) is 2.84. The highest BCUT2D eigenvalue weighted by Crippen LogP contribution is 2.35. The molecule has 1 fully saturated rings. The summed E-state index contributed by atoms with van der Waals surface area (Å²) in [6, 6.07) is 13.6. The van der Waals surface area contributed by atoms with Crippen molar-refractivity contribution < 1.29 is 13.2 Å². The molecule has 1 saturated heterocycles. The van der Waals surface area contributed by atoms with Gasteiger partial charge in [0.25, 0.3) is 15.9 Å². The zero-order chi connectivity index (χ0) is 23.0. The molecule has 0 spiro atoms. The van der Waals surface area contributed by atoms with Crippen molar-refractivity contribution in [1.29, 1.82) is 0 Å². The number of rotatable bonds is 4. The molecule has 3 heterocycles. The van der Waals surface area contributed by atoms with Gasteiger partial charge < -0.3 is 9.80 Å². The zero-order valence-corrected chi connectivity index (χ0v) is 19.3. The van der Waals surface area contributed by atoms with Gasteiger partial charge in [-0.25, -0.2) is 18.4 Å². The Morgan fingerprint density at radius 1 is 0.909 bits per heavy atom. The molecule has 0 aliphatic carbocycles. The molecule has 33 heavy (non-hydrogen) atoms. The summed E-state index contributed by atoms with van der Waals surface area (Å²) < 4.78 is 28.3. The molecular weight excluding hydrogens is 462 g/mol. The molecule has 2 aliphatic heterocycles. The van der Waals surface area contributed by atoms with E-state index >= 15 is 0 Å². The van der Waals surface area contributed by atoms with Crippen LogP contribution in [0.2, 0.25) is 5.02 Å². The topological polar surface area (TPSA) is 86.7 Å². The number of halogens is 1. The van der Waals surface area contributed by atoms with Gasteiger partial charge in [-0.3, -0.25) is 9.10 Å². The summed E-state index contributed by atoms with van der Waals surface area (Å²) in [6.07, 6.45) is 4.02. The molecule has 0 saturated carbocycles. The van der Waals surface area contributed by atoms with Gasteiger partial charge in [0.1, 0.15) is 4.90 Å². The van der Waals surface area contributed by atoms with Crippen LogP contribution in [0.3, 0.4) is 0 Å². The van der Waals surface area contributed by atoms with Gasteiger partial charge in [-0.2, -0.15) is 0 Å². The number of amides is 1. The van der Waals surface area contributed by atoms with Crippen molar-refractivity contribution in [3.8, 4) is 0 Å². The number of hydrogen-bond donors (Lipinski definition) is 0. The molecule has 0 bridgehead atoms. The van der Waals surface area contributed by atoms with Crippen LogP contribution >= 0.6 is 11.6 Å². The van der Waals surface area contributed by atoms with E-state index in [1.807, 2.05) is 23.1 Å². The average Bonchev–Trinajstić information content (AvgIpc) is 3.30. The second kappa shape index (κ2) is 8.64. The Bertz CT molecular complexity index is 1290. The number of anilines is 2. The van der Waals surface area contributed by atoms with E-state index in [1.54, 1.807) is 35.5 Å². The van der Waals surface area contributed by atoms with Crippen molar-refractivity contribution in [3.63, 3.8) is 0 Å². The van der Waals surface area contributed by atoms with Crippen LogP contribution in [0.25, 0.3) is 0 Å². The molecule has 10 heteroatoms. The average molecular weight is 484 g/mol. The van der Waals surface area contributed by atoms with E-state index in [0.717, 1.165) is 5.56 Å². The van der Waals surface area contributed by atoms with E-state index in [1.165, 1.54) is 16.4 Å². The number of aromatic nitrogens is 2. The first-order chi connectivity index (χ1) is 15.9. The fourth-order valence-electron chi connectivity index (χ4n) is 4.26. The minimum Gasteiger partial charge on any atom is -0.337 e. The number of sulfonamides is 1. The Morgan fingerprint density at radius 3 is 2.39 bits per heavy atom. The van der Waals surface area contributed by atoms with Gasteiger partial charge in [0.15, 0.2) is 0 Å². The first-order valence-corrected chi connectivity index (χ1v) is 12.5. The normalized spacial score (nSPS) is 16.1. The lowest BCUT2D eigenvalue weighted by Gasteiger charge is -2.34. The molecule has 0 radical (unpaired) electrons. The van der Waals surface area contributed by atoms with Gasteiger partial charge in [-0.1, -0.05) is 29.8 Å². The molecule has 0 unspecified atom stereocenters. The number of para-hydroxylation sites is 1.